The minimum Gasteiger partial charge on any atom is -0.462 e. The fraction of sp³-hybridized carbons (Fsp3) is 0.429. The van der Waals surface area contributed by atoms with Gasteiger partial charge >= 0.3 is 5.97 Å². The molecule has 1 rings (SSSR count). The first kappa shape index (κ1) is 17.0. The van der Waals surface area contributed by atoms with Crippen molar-refractivity contribution in [1.82, 2.24) is 5.32 Å². The van der Waals surface area contributed by atoms with Gasteiger partial charge in [-0.2, -0.15) is 0 Å². The van der Waals surface area contributed by atoms with Crippen LogP contribution in [-0.4, -0.2) is 32.1 Å². The van der Waals surface area contributed by atoms with E-state index in [-0.39, 0.29) is 23.8 Å². The molecule has 4 N–H and O–H groups in total. The van der Waals surface area contributed by atoms with E-state index in [4.69, 9.17) is 10.5 Å². The Hall–Kier alpha value is -2.02. The summed E-state index contributed by atoms with van der Waals surface area (Å²) in [6.45, 7) is 6.47. The summed E-state index contributed by atoms with van der Waals surface area (Å²) in [5, 5.41) is 6.16. The zero-order valence-corrected chi connectivity index (χ0v) is 13.5. The molecular formula is C14H21N3O3S. The highest BCUT2D eigenvalue weighted by Crippen LogP contribution is 2.36. The minimum absolute atomic E-state index is 0.150. The standard InChI is InChI=1S/C14H21N3O3S/c1-5-20-14(19)9-10(15)11(12(18)16-4)21-13(9)17-7-6-8(2)3/h6,17H,5,7,15H2,1-4H3,(H,16,18). The molecule has 0 aliphatic rings. The molecule has 0 radical (unpaired) electrons. The number of hydrogen-bond acceptors (Lipinski definition) is 6. The maximum atomic E-state index is 12.0. The summed E-state index contributed by atoms with van der Waals surface area (Å²) in [5.41, 5.74) is 7.46. The van der Waals surface area contributed by atoms with Gasteiger partial charge in [-0.25, -0.2) is 4.79 Å². The molecule has 116 valence electrons. The molecule has 0 aliphatic carbocycles. The van der Waals surface area contributed by atoms with Crippen LogP contribution in [0.25, 0.3) is 0 Å². The second-order valence-electron chi connectivity index (χ2n) is 4.51. The van der Waals surface area contributed by atoms with E-state index in [1.54, 1.807) is 6.92 Å². The Bertz CT molecular complexity index is 560. The van der Waals surface area contributed by atoms with Gasteiger partial charge in [0, 0.05) is 13.6 Å². The fourth-order valence-electron chi connectivity index (χ4n) is 1.60. The number of nitrogens with two attached hydrogens (primary N) is 1. The monoisotopic (exact) mass is 311 g/mol. The van der Waals surface area contributed by atoms with Crippen molar-refractivity contribution >= 4 is 33.9 Å². The lowest BCUT2D eigenvalue weighted by Gasteiger charge is -2.06. The Morgan fingerprint density at radius 3 is 2.57 bits per heavy atom. The van der Waals surface area contributed by atoms with Crippen molar-refractivity contribution in [3.05, 3.63) is 22.1 Å². The summed E-state index contributed by atoms with van der Waals surface area (Å²) in [5.74, 6) is -0.848. The van der Waals surface area contributed by atoms with Crippen LogP contribution in [-0.2, 0) is 4.74 Å². The van der Waals surface area contributed by atoms with Gasteiger partial charge in [0.1, 0.15) is 15.4 Å². The van der Waals surface area contributed by atoms with Crippen LogP contribution in [0, 0.1) is 0 Å². The van der Waals surface area contributed by atoms with Crippen molar-refractivity contribution in [1.29, 1.82) is 0 Å². The van der Waals surface area contributed by atoms with Crippen molar-refractivity contribution in [2.45, 2.75) is 20.8 Å². The topological polar surface area (TPSA) is 93.4 Å². The number of anilines is 2. The van der Waals surface area contributed by atoms with E-state index in [0.717, 1.165) is 16.9 Å². The minimum atomic E-state index is -0.527. The number of esters is 1. The van der Waals surface area contributed by atoms with Crippen LogP contribution in [0.2, 0.25) is 0 Å². The summed E-state index contributed by atoms with van der Waals surface area (Å²) in [4.78, 5) is 24.1. The van der Waals surface area contributed by atoms with Crippen LogP contribution < -0.4 is 16.4 Å². The highest BCUT2D eigenvalue weighted by molar-refractivity contribution is 7.19. The Kier molecular flexibility index (Phi) is 6.23. The van der Waals surface area contributed by atoms with Crippen LogP contribution >= 0.6 is 11.3 Å². The van der Waals surface area contributed by atoms with Gasteiger partial charge in [-0.05, 0) is 20.8 Å². The SMILES string of the molecule is CCOC(=O)c1c(NCC=C(C)C)sc(C(=O)NC)c1N. The average molecular weight is 311 g/mol. The molecule has 0 spiro atoms. The molecule has 1 aromatic rings. The van der Waals surface area contributed by atoms with E-state index >= 15 is 0 Å². The van der Waals surface area contributed by atoms with E-state index in [2.05, 4.69) is 10.6 Å². The number of carbonyl (C=O) groups excluding carboxylic acids is 2. The molecule has 0 bridgehead atoms. The highest BCUT2D eigenvalue weighted by Gasteiger charge is 2.25. The molecule has 1 heterocycles. The zero-order chi connectivity index (χ0) is 16.0. The van der Waals surface area contributed by atoms with E-state index in [9.17, 15) is 9.59 Å². The quantitative estimate of drug-likeness (QED) is 0.553. The molecule has 7 heteroatoms. The third kappa shape index (κ3) is 4.22. The van der Waals surface area contributed by atoms with Crippen molar-refractivity contribution in [3.8, 4) is 0 Å². The molecule has 1 aromatic heterocycles. The molecular weight excluding hydrogens is 290 g/mol. The predicted molar refractivity (Wildman–Crippen MR) is 86.0 cm³/mol. The number of rotatable bonds is 6. The Balaban J connectivity index is 3.16. The molecule has 0 atom stereocenters. The van der Waals surface area contributed by atoms with Gasteiger partial charge in [0.2, 0.25) is 0 Å². The number of thiophene rings is 1. The number of nitrogens with one attached hydrogen (secondary N) is 2. The third-order valence-corrected chi connectivity index (χ3v) is 3.79. The Morgan fingerprint density at radius 1 is 1.38 bits per heavy atom. The van der Waals surface area contributed by atoms with E-state index < -0.39 is 5.97 Å². The largest absolute Gasteiger partial charge is 0.462 e. The molecule has 1 amide bonds. The molecule has 0 fully saturated rings. The normalized spacial score (nSPS) is 9.90. The number of hydrogen-bond donors (Lipinski definition) is 3. The number of allylic oxidation sites excluding steroid dienone is 1. The van der Waals surface area contributed by atoms with Gasteiger partial charge < -0.3 is 21.1 Å². The van der Waals surface area contributed by atoms with Gasteiger partial charge in [0.25, 0.3) is 5.91 Å². The first-order chi connectivity index (χ1) is 9.92. The van der Waals surface area contributed by atoms with Crippen LogP contribution in [0.15, 0.2) is 11.6 Å². The Labute approximate surface area is 128 Å². The number of ether oxygens (including phenoxy) is 1. The fourth-order valence-corrected chi connectivity index (χ4v) is 2.67. The zero-order valence-electron chi connectivity index (χ0n) is 12.7. The summed E-state index contributed by atoms with van der Waals surface area (Å²) in [7, 11) is 1.52. The summed E-state index contributed by atoms with van der Waals surface area (Å²) >= 11 is 1.15. The number of amides is 1. The first-order valence-corrected chi connectivity index (χ1v) is 7.42. The average Bonchev–Trinajstić information content (AvgIpc) is 2.75. The van der Waals surface area contributed by atoms with Crippen LogP contribution in [0.3, 0.4) is 0 Å². The Morgan fingerprint density at radius 2 is 2.05 bits per heavy atom. The van der Waals surface area contributed by atoms with Gasteiger partial charge in [0.15, 0.2) is 0 Å². The molecule has 0 saturated heterocycles. The maximum absolute atomic E-state index is 12.0. The van der Waals surface area contributed by atoms with Crippen LogP contribution in [0.1, 0.15) is 40.8 Å². The summed E-state index contributed by atoms with van der Waals surface area (Å²) in [6, 6.07) is 0. The summed E-state index contributed by atoms with van der Waals surface area (Å²) in [6.07, 6.45) is 1.98. The molecule has 21 heavy (non-hydrogen) atoms. The van der Waals surface area contributed by atoms with Gasteiger partial charge in [0.05, 0.1) is 12.3 Å². The lowest BCUT2D eigenvalue weighted by atomic mass is 10.2. The van der Waals surface area contributed by atoms with Crippen molar-refractivity contribution in [2.75, 3.05) is 31.2 Å². The van der Waals surface area contributed by atoms with Crippen molar-refractivity contribution in [2.24, 2.45) is 0 Å². The van der Waals surface area contributed by atoms with Gasteiger partial charge in [-0.3, -0.25) is 4.79 Å². The second-order valence-corrected chi connectivity index (χ2v) is 5.53. The lowest BCUT2D eigenvalue weighted by Crippen LogP contribution is -2.18. The molecule has 0 aromatic carbocycles. The smallest absolute Gasteiger partial charge is 0.343 e. The van der Waals surface area contributed by atoms with Gasteiger partial charge in [-0.1, -0.05) is 11.6 Å². The molecule has 0 aliphatic heterocycles. The summed E-state index contributed by atoms with van der Waals surface area (Å²) < 4.78 is 5.00. The second kappa shape index (κ2) is 7.68. The highest BCUT2D eigenvalue weighted by atomic mass is 32.1. The molecule has 0 saturated carbocycles. The van der Waals surface area contributed by atoms with E-state index in [1.807, 2.05) is 19.9 Å². The van der Waals surface area contributed by atoms with Crippen molar-refractivity contribution in [3.63, 3.8) is 0 Å². The third-order valence-electron chi connectivity index (χ3n) is 2.63. The van der Waals surface area contributed by atoms with Crippen LogP contribution in [0.4, 0.5) is 10.7 Å². The lowest BCUT2D eigenvalue weighted by molar-refractivity contribution is 0.0529. The molecule has 0 unspecified atom stereocenters. The van der Waals surface area contributed by atoms with E-state index in [0.29, 0.717) is 16.4 Å². The van der Waals surface area contributed by atoms with Crippen molar-refractivity contribution < 1.29 is 14.3 Å². The van der Waals surface area contributed by atoms with Crippen LogP contribution in [0.5, 0.6) is 0 Å². The van der Waals surface area contributed by atoms with Gasteiger partial charge in [-0.15, -0.1) is 11.3 Å². The predicted octanol–water partition coefficient (Wildman–Crippen LogP) is 2.24. The maximum Gasteiger partial charge on any atom is 0.343 e. The van der Waals surface area contributed by atoms with E-state index in [1.165, 1.54) is 7.05 Å². The number of carbonyl (C=O) groups is 2. The first-order valence-electron chi connectivity index (χ1n) is 6.61. The number of nitrogen functional groups attached to an aromatic ring is 1. The molecule has 6 nitrogen and oxygen atoms in total.